The molecular weight excluding hydrogens is 157 g/mol. The van der Waals surface area contributed by atoms with Crippen molar-refractivity contribution in [3.63, 3.8) is 0 Å². The van der Waals surface area contributed by atoms with Gasteiger partial charge < -0.3 is 4.89 Å². The van der Waals surface area contributed by atoms with Gasteiger partial charge in [0.25, 0.3) is 0 Å². The van der Waals surface area contributed by atoms with Crippen molar-refractivity contribution in [3.05, 3.63) is 0 Å². The van der Waals surface area contributed by atoms with Crippen LogP contribution in [0.1, 0.15) is 13.8 Å². The van der Waals surface area contributed by atoms with Crippen LogP contribution in [0, 0.1) is 0 Å². The Morgan fingerprint density at radius 2 is 1.89 bits per heavy atom. The number of hydrogen-bond acceptors (Lipinski definition) is 1. The Bertz CT molecular complexity index is 120. The van der Waals surface area contributed by atoms with Crippen molar-refractivity contribution in [1.29, 1.82) is 0 Å². The Kier molecular flexibility index (Phi) is 3.82. The van der Waals surface area contributed by atoms with Gasteiger partial charge in [-0.3, -0.25) is 4.57 Å². The Morgan fingerprint density at radius 1 is 1.56 bits per heavy atom. The summed E-state index contributed by atoms with van der Waals surface area (Å²) in [7, 11) is 0. The molecule has 1 N–H and O–H groups in total. The molecule has 0 saturated carbocycles. The zero-order valence-electron chi connectivity index (χ0n) is 5.61. The molecule has 0 aliphatic heterocycles. The van der Waals surface area contributed by atoms with E-state index in [-0.39, 0.29) is 0 Å². The van der Waals surface area contributed by atoms with Gasteiger partial charge in [-0.05, 0) is 0 Å². The molecule has 1 atom stereocenters. The standard InChI is InChI=1S/C4H12NO2PS/c1-3-5(4-2)8(6,7)9/h3-4H2,1-2H3,(H2,6,7,9). The molecule has 0 aliphatic carbocycles. The van der Waals surface area contributed by atoms with Gasteiger partial charge in [0.15, 0.2) is 0 Å². The second-order valence-electron chi connectivity index (χ2n) is 1.65. The first-order valence-corrected chi connectivity index (χ1v) is 5.59. The Hall–Kier alpha value is 0.500. The summed E-state index contributed by atoms with van der Waals surface area (Å²) in [5.74, 6) is 0. The van der Waals surface area contributed by atoms with E-state index in [0.717, 1.165) is 0 Å². The van der Waals surface area contributed by atoms with Gasteiger partial charge in [-0.15, -0.1) is 0 Å². The van der Waals surface area contributed by atoms with Crippen LogP contribution in [0.15, 0.2) is 0 Å². The van der Waals surface area contributed by atoms with Gasteiger partial charge in [0.05, 0.1) is 0 Å². The highest BCUT2D eigenvalue weighted by molar-refractivity contribution is 8.45. The third-order valence-corrected chi connectivity index (χ3v) is 3.16. The number of hydrogen-bond donors (Lipinski definition) is 2. The Morgan fingerprint density at radius 3 is 1.89 bits per heavy atom. The Balaban J connectivity index is 3.96. The molecule has 0 bridgehead atoms. The van der Waals surface area contributed by atoms with Crippen molar-refractivity contribution in [3.8, 4) is 0 Å². The Labute approximate surface area is 60.7 Å². The van der Waals surface area contributed by atoms with Crippen molar-refractivity contribution >= 4 is 19.0 Å². The molecule has 0 rings (SSSR count). The molecule has 0 aromatic carbocycles. The third-order valence-electron chi connectivity index (χ3n) is 1.10. The average molecular weight is 169 g/mol. The van der Waals surface area contributed by atoms with Crippen molar-refractivity contribution in [1.82, 2.24) is 4.67 Å². The van der Waals surface area contributed by atoms with Crippen molar-refractivity contribution in [2.75, 3.05) is 13.1 Å². The topological polar surface area (TPSA) is 40.5 Å². The average Bonchev–Trinajstić information content (AvgIpc) is 1.65. The summed E-state index contributed by atoms with van der Waals surface area (Å²) in [6.07, 6.45) is 0. The summed E-state index contributed by atoms with van der Waals surface area (Å²) in [5.41, 5.74) is 0. The van der Waals surface area contributed by atoms with Crippen LogP contribution in [0.2, 0.25) is 0 Å². The highest BCUT2D eigenvalue weighted by atomic mass is 32.7. The maximum Gasteiger partial charge on any atom is 0.323 e. The van der Waals surface area contributed by atoms with Crippen LogP contribution in [-0.2, 0) is 4.57 Å². The highest BCUT2D eigenvalue weighted by Crippen LogP contribution is 2.48. The van der Waals surface area contributed by atoms with Crippen LogP contribution in [0.4, 0.5) is 0 Å². The normalized spacial score (nSPS) is 17.9. The molecular formula is C4H12NO2PS. The van der Waals surface area contributed by atoms with E-state index < -0.39 is 6.72 Å². The molecule has 0 fully saturated rings. The monoisotopic (exact) mass is 169 g/mol. The van der Waals surface area contributed by atoms with E-state index >= 15 is 0 Å². The second-order valence-corrected chi connectivity index (χ2v) is 4.81. The lowest BCUT2D eigenvalue weighted by molar-refractivity contribution is 0.384. The summed E-state index contributed by atoms with van der Waals surface area (Å²) < 4.78 is 12.1. The quantitative estimate of drug-likeness (QED) is 0.495. The van der Waals surface area contributed by atoms with Gasteiger partial charge in [-0.1, -0.05) is 26.1 Å². The maximum absolute atomic E-state index is 10.7. The van der Waals surface area contributed by atoms with Crippen molar-refractivity contribution < 1.29 is 9.46 Å². The SMILES string of the molecule is CCN(CC)P(=O)(O)S. The molecule has 1 unspecified atom stereocenters. The van der Waals surface area contributed by atoms with Crippen molar-refractivity contribution in [2.45, 2.75) is 13.8 Å². The molecule has 0 aromatic heterocycles. The summed E-state index contributed by atoms with van der Waals surface area (Å²) in [6, 6.07) is 0. The van der Waals surface area contributed by atoms with E-state index in [2.05, 4.69) is 12.2 Å². The smallest absolute Gasteiger partial charge is 0.323 e. The number of rotatable bonds is 3. The molecule has 0 spiro atoms. The summed E-state index contributed by atoms with van der Waals surface area (Å²) in [6.45, 7) is 1.52. The highest BCUT2D eigenvalue weighted by Gasteiger charge is 2.18. The molecule has 0 heterocycles. The number of thiol groups is 1. The molecule has 3 nitrogen and oxygen atoms in total. The molecule has 0 aliphatic rings. The van der Waals surface area contributed by atoms with E-state index in [9.17, 15) is 4.57 Å². The molecule has 0 aromatic rings. The largest absolute Gasteiger partial charge is 0.326 e. The minimum Gasteiger partial charge on any atom is -0.326 e. The van der Waals surface area contributed by atoms with E-state index in [0.29, 0.717) is 13.1 Å². The zero-order chi connectivity index (χ0) is 7.49. The molecule has 5 heteroatoms. The first-order chi connectivity index (χ1) is 4.02. The summed E-state index contributed by atoms with van der Waals surface area (Å²) >= 11 is 3.55. The van der Waals surface area contributed by atoms with E-state index in [1.807, 2.05) is 13.8 Å². The van der Waals surface area contributed by atoms with Gasteiger partial charge in [-0.2, -0.15) is 0 Å². The van der Waals surface area contributed by atoms with Crippen LogP contribution < -0.4 is 0 Å². The lowest BCUT2D eigenvalue weighted by Gasteiger charge is -2.19. The second kappa shape index (κ2) is 3.62. The van der Waals surface area contributed by atoms with Crippen molar-refractivity contribution in [2.24, 2.45) is 0 Å². The minimum absolute atomic E-state index is 0.563. The lowest BCUT2D eigenvalue weighted by Crippen LogP contribution is -2.16. The maximum atomic E-state index is 10.7. The first kappa shape index (κ1) is 9.50. The predicted octanol–water partition coefficient (Wildman–Crippen LogP) is 1.36. The fraction of sp³-hybridized carbons (Fsp3) is 1.00. The molecule has 0 saturated heterocycles. The van der Waals surface area contributed by atoms with Gasteiger partial charge in [-0.25, -0.2) is 4.67 Å². The molecule has 9 heavy (non-hydrogen) atoms. The fourth-order valence-corrected chi connectivity index (χ4v) is 2.09. The predicted molar refractivity (Wildman–Crippen MR) is 41.7 cm³/mol. The fourth-order valence-electron chi connectivity index (χ4n) is 0.592. The van der Waals surface area contributed by atoms with Crippen LogP contribution in [0.25, 0.3) is 0 Å². The van der Waals surface area contributed by atoms with Gasteiger partial charge in [0, 0.05) is 13.1 Å². The van der Waals surface area contributed by atoms with E-state index in [1.54, 1.807) is 0 Å². The minimum atomic E-state index is -3.25. The summed E-state index contributed by atoms with van der Waals surface area (Å²) in [4.78, 5) is 8.82. The summed E-state index contributed by atoms with van der Waals surface area (Å²) in [5, 5.41) is 0. The lowest BCUT2D eigenvalue weighted by atomic mass is 10.7. The van der Waals surface area contributed by atoms with Crippen LogP contribution in [0.3, 0.4) is 0 Å². The van der Waals surface area contributed by atoms with Crippen LogP contribution in [0.5, 0.6) is 0 Å². The molecule has 0 radical (unpaired) electrons. The van der Waals surface area contributed by atoms with Gasteiger partial charge in [0.2, 0.25) is 0 Å². The van der Waals surface area contributed by atoms with E-state index in [1.165, 1.54) is 4.67 Å². The zero-order valence-corrected chi connectivity index (χ0v) is 7.40. The number of nitrogens with zero attached hydrogens (tertiary/aromatic N) is 1. The third kappa shape index (κ3) is 3.26. The molecule has 0 amide bonds. The van der Waals surface area contributed by atoms with Gasteiger partial charge >= 0.3 is 6.72 Å². The van der Waals surface area contributed by atoms with E-state index in [4.69, 9.17) is 4.89 Å². The van der Waals surface area contributed by atoms with Gasteiger partial charge in [0.1, 0.15) is 0 Å². The van der Waals surface area contributed by atoms with Crippen LogP contribution in [-0.4, -0.2) is 22.7 Å². The van der Waals surface area contributed by atoms with Crippen LogP contribution >= 0.6 is 19.0 Å². The first-order valence-electron chi connectivity index (χ1n) is 2.83. The molecule has 56 valence electrons.